The molecule has 0 saturated heterocycles. The predicted molar refractivity (Wildman–Crippen MR) is 64.8 cm³/mol. The lowest BCUT2D eigenvalue weighted by atomic mass is 10.2. The van der Waals surface area contributed by atoms with Crippen molar-refractivity contribution in [3.8, 4) is 17.1 Å². The van der Waals surface area contributed by atoms with Crippen molar-refractivity contribution in [1.82, 2.24) is 14.6 Å². The third-order valence-electron chi connectivity index (χ3n) is 2.61. The largest absolute Gasteiger partial charge is 0.493 e. The highest BCUT2D eigenvalue weighted by molar-refractivity contribution is 5.64. The summed E-state index contributed by atoms with van der Waals surface area (Å²) in [5.74, 6) is 0.106. The first-order valence-corrected chi connectivity index (χ1v) is 5.36. The van der Waals surface area contributed by atoms with Gasteiger partial charge < -0.3 is 5.11 Å². The average Bonchev–Trinajstić information content (AvgIpc) is 2.74. The molecule has 1 N–H and O–H groups in total. The lowest BCUT2D eigenvalue weighted by molar-refractivity contribution is 0.435. The van der Waals surface area contributed by atoms with Gasteiger partial charge in [-0.05, 0) is 6.92 Å². The molecule has 4 nitrogen and oxygen atoms in total. The highest BCUT2D eigenvalue weighted by atomic mass is 16.3. The summed E-state index contributed by atoms with van der Waals surface area (Å²) in [6.07, 6.45) is 0. The van der Waals surface area contributed by atoms with E-state index in [4.69, 9.17) is 0 Å². The van der Waals surface area contributed by atoms with Gasteiger partial charge in [-0.25, -0.2) is 4.98 Å². The topological polar surface area (TPSA) is 50.4 Å². The zero-order valence-corrected chi connectivity index (χ0v) is 9.33. The van der Waals surface area contributed by atoms with Crippen LogP contribution in [0.5, 0.6) is 5.88 Å². The van der Waals surface area contributed by atoms with E-state index in [9.17, 15) is 5.11 Å². The number of fused-ring (bicyclic) bond motifs is 1. The van der Waals surface area contributed by atoms with Crippen LogP contribution in [0.15, 0.2) is 42.5 Å². The van der Waals surface area contributed by atoms with E-state index in [1.54, 1.807) is 6.07 Å². The molecule has 0 aliphatic heterocycles. The van der Waals surface area contributed by atoms with E-state index in [1.807, 2.05) is 43.3 Å². The maximum absolute atomic E-state index is 9.77. The van der Waals surface area contributed by atoms with Crippen molar-refractivity contribution in [2.75, 3.05) is 0 Å². The lowest BCUT2D eigenvalue weighted by Crippen LogP contribution is -1.92. The van der Waals surface area contributed by atoms with E-state index in [-0.39, 0.29) is 5.88 Å². The number of benzene rings is 1. The number of aromatic hydroxyl groups is 1. The normalized spacial score (nSPS) is 10.9. The van der Waals surface area contributed by atoms with E-state index in [2.05, 4.69) is 10.1 Å². The molecule has 3 rings (SSSR count). The smallest absolute Gasteiger partial charge is 0.215 e. The lowest BCUT2D eigenvalue weighted by Gasteiger charge is -1.97. The molecule has 0 radical (unpaired) electrons. The molecule has 0 bridgehead atoms. The molecular weight excluding hydrogens is 214 g/mol. The minimum atomic E-state index is 0.106. The molecule has 0 unspecified atom stereocenters. The van der Waals surface area contributed by atoms with Gasteiger partial charge in [-0.1, -0.05) is 30.3 Å². The van der Waals surface area contributed by atoms with Crippen LogP contribution in [0.3, 0.4) is 0 Å². The number of nitrogens with zero attached hydrogens (tertiary/aromatic N) is 3. The van der Waals surface area contributed by atoms with Gasteiger partial charge in [0.1, 0.15) is 0 Å². The molecule has 1 aromatic carbocycles. The number of hydrogen-bond donors (Lipinski definition) is 1. The highest BCUT2D eigenvalue weighted by Gasteiger charge is 2.08. The fraction of sp³-hybridized carbons (Fsp3) is 0.0769. The van der Waals surface area contributed by atoms with E-state index >= 15 is 0 Å². The summed E-state index contributed by atoms with van der Waals surface area (Å²) < 4.78 is 1.44. The second-order valence-corrected chi connectivity index (χ2v) is 3.92. The zero-order valence-electron chi connectivity index (χ0n) is 9.33. The van der Waals surface area contributed by atoms with Crippen LogP contribution >= 0.6 is 0 Å². The Morgan fingerprint density at radius 1 is 1.12 bits per heavy atom. The van der Waals surface area contributed by atoms with Gasteiger partial charge in [0.05, 0.1) is 5.69 Å². The summed E-state index contributed by atoms with van der Waals surface area (Å²) in [5, 5.41) is 14.1. The summed E-state index contributed by atoms with van der Waals surface area (Å²) >= 11 is 0. The molecule has 0 aliphatic rings. The van der Waals surface area contributed by atoms with Gasteiger partial charge in [-0.15, -0.1) is 0 Å². The zero-order chi connectivity index (χ0) is 11.8. The van der Waals surface area contributed by atoms with E-state index in [0.29, 0.717) is 5.65 Å². The fourth-order valence-electron chi connectivity index (χ4n) is 1.83. The number of aromatic nitrogens is 3. The van der Waals surface area contributed by atoms with Crippen LogP contribution in [-0.2, 0) is 0 Å². The number of aryl methyl sites for hydroxylation is 1. The molecule has 0 spiro atoms. The van der Waals surface area contributed by atoms with Crippen molar-refractivity contribution in [1.29, 1.82) is 0 Å². The van der Waals surface area contributed by atoms with E-state index in [0.717, 1.165) is 17.0 Å². The van der Waals surface area contributed by atoms with Crippen molar-refractivity contribution in [3.05, 3.63) is 48.2 Å². The van der Waals surface area contributed by atoms with Gasteiger partial charge in [0.25, 0.3) is 0 Å². The third-order valence-corrected chi connectivity index (χ3v) is 2.61. The van der Waals surface area contributed by atoms with Crippen LogP contribution in [0.25, 0.3) is 16.9 Å². The second-order valence-electron chi connectivity index (χ2n) is 3.92. The van der Waals surface area contributed by atoms with Gasteiger partial charge in [0, 0.05) is 23.4 Å². The molecule has 84 valence electrons. The molecule has 4 heteroatoms. The Balaban J connectivity index is 2.24. The first-order valence-electron chi connectivity index (χ1n) is 5.36. The van der Waals surface area contributed by atoms with Crippen LogP contribution in [0.4, 0.5) is 0 Å². The predicted octanol–water partition coefficient (Wildman–Crippen LogP) is 2.41. The summed E-state index contributed by atoms with van der Waals surface area (Å²) in [7, 11) is 0. The molecule has 17 heavy (non-hydrogen) atoms. The molecule has 0 atom stereocenters. The molecule has 0 fully saturated rings. The van der Waals surface area contributed by atoms with E-state index in [1.165, 1.54) is 4.52 Å². The summed E-state index contributed by atoms with van der Waals surface area (Å²) in [4.78, 5) is 4.32. The van der Waals surface area contributed by atoms with Crippen LogP contribution < -0.4 is 0 Å². The first-order chi connectivity index (χ1) is 8.24. The quantitative estimate of drug-likeness (QED) is 0.691. The van der Waals surface area contributed by atoms with E-state index < -0.39 is 0 Å². The van der Waals surface area contributed by atoms with Crippen LogP contribution in [0.2, 0.25) is 0 Å². The van der Waals surface area contributed by atoms with Crippen molar-refractivity contribution < 1.29 is 5.11 Å². The van der Waals surface area contributed by atoms with Gasteiger partial charge in [0.15, 0.2) is 5.65 Å². The van der Waals surface area contributed by atoms with Gasteiger partial charge >= 0.3 is 0 Å². The standard InChI is InChI=1S/C13H11N3O/c1-9-7-13(17)16-12(14-9)8-11(15-16)10-5-3-2-4-6-10/h2-8,17H,1H3. The highest BCUT2D eigenvalue weighted by Crippen LogP contribution is 2.21. The monoisotopic (exact) mass is 225 g/mol. The fourth-order valence-corrected chi connectivity index (χ4v) is 1.83. The third kappa shape index (κ3) is 1.63. The molecule has 0 amide bonds. The Morgan fingerprint density at radius 3 is 2.65 bits per heavy atom. The van der Waals surface area contributed by atoms with Gasteiger partial charge in [0.2, 0.25) is 5.88 Å². The van der Waals surface area contributed by atoms with Crippen molar-refractivity contribution in [2.24, 2.45) is 0 Å². The van der Waals surface area contributed by atoms with Crippen LogP contribution in [-0.4, -0.2) is 19.7 Å². The minimum absolute atomic E-state index is 0.106. The Labute approximate surface area is 98.2 Å². The second kappa shape index (κ2) is 3.59. The maximum Gasteiger partial charge on any atom is 0.215 e. The van der Waals surface area contributed by atoms with Crippen molar-refractivity contribution in [3.63, 3.8) is 0 Å². The Kier molecular flexibility index (Phi) is 2.08. The maximum atomic E-state index is 9.77. The molecule has 0 aliphatic carbocycles. The number of hydrogen-bond acceptors (Lipinski definition) is 3. The van der Waals surface area contributed by atoms with Crippen molar-refractivity contribution >= 4 is 5.65 Å². The molecule has 2 heterocycles. The van der Waals surface area contributed by atoms with Crippen LogP contribution in [0, 0.1) is 6.92 Å². The Hall–Kier alpha value is -2.36. The minimum Gasteiger partial charge on any atom is -0.493 e. The molecule has 3 aromatic rings. The van der Waals surface area contributed by atoms with Crippen LogP contribution in [0.1, 0.15) is 5.69 Å². The molecule has 0 saturated carbocycles. The Morgan fingerprint density at radius 2 is 1.88 bits per heavy atom. The first kappa shape index (κ1) is 9.84. The summed E-state index contributed by atoms with van der Waals surface area (Å²) in [5.41, 5.74) is 3.24. The Bertz CT molecular complexity index is 674. The average molecular weight is 225 g/mol. The summed E-state index contributed by atoms with van der Waals surface area (Å²) in [6.45, 7) is 1.84. The SMILES string of the molecule is Cc1cc(O)n2nc(-c3ccccc3)cc2n1. The van der Waals surface area contributed by atoms with Crippen molar-refractivity contribution in [2.45, 2.75) is 6.92 Å². The number of rotatable bonds is 1. The molecule has 2 aromatic heterocycles. The molecular formula is C13H11N3O. The van der Waals surface area contributed by atoms with Gasteiger partial charge in [-0.3, -0.25) is 0 Å². The van der Waals surface area contributed by atoms with Gasteiger partial charge in [-0.2, -0.15) is 9.61 Å². The summed E-state index contributed by atoms with van der Waals surface area (Å²) in [6, 6.07) is 13.3.